The highest BCUT2D eigenvalue weighted by Crippen LogP contribution is 2.52. The van der Waals surface area contributed by atoms with E-state index in [1.54, 1.807) is 0 Å². The van der Waals surface area contributed by atoms with Crippen LogP contribution in [0.15, 0.2) is 243 Å². The van der Waals surface area contributed by atoms with E-state index >= 15 is 0 Å². The largest absolute Gasteiger partial charge is 0.310 e. The molecule has 316 valence electrons. The molecule has 1 heterocycles. The van der Waals surface area contributed by atoms with Crippen molar-refractivity contribution in [2.75, 3.05) is 4.90 Å². The van der Waals surface area contributed by atoms with Gasteiger partial charge in [-0.25, -0.2) is 0 Å². The molecule has 67 heavy (non-hydrogen) atoms. The van der Waals surface area contributed by atoms with E-state index in [4.69, 9.17) is 0 Å². The lowest BCUT2D eigenvalue weighted by molar-refractivity contribution is 0.660. The fraction of sp³-hybridized carbons (Fsp3) is 0.0462. The summed E-state index contributed by atoms with van der Waals surface area (Å²) in [6.07, 6.45) is 0. The number of para-hydroxylation sites is 3. The first-order valence-corrected chi connectivity index (χ1v) is 23.3. The summed E-state index contributed by atoms with van der Waals surface area (Å²) in [5.41, 5.74) is 19.5. The molecule has 1 aliphatic carbocycles. The van der Waals surface area contributed by atoms with Gasteiger partial charge in [0, 0.05) is 38.9 Å². The normalized spacial score (nSPS) is 12.7. The van der Waals surface area contributed by atoms with Gasteiger partial charge in [0.1, 0.15) is 0 Å². The second-order valence-corrected chi connectivity index (χ2v) is 18.5. The minimum absolute atomic E-state index is 0.220. The molecule has 0 unspecified atom stereocenters. The molecule has 11 aromatic carbocycles. The van der Waals surface area contributed by atoms with Gasteiger partial charge in [-0.2, -0.15) is 0 Å². The summed E-state index contributed by atoms with van der Waals surface area (Å²) < 4.78 is 2.43. The van der Waals surface area contributed by atoms with E-state index in [0.717, 1.165) is 17.1 Å². The summed E-state index contributed by atoms with van der Waals surface area (Å²) in [6.45, 7) is 4.77. The van der Waals surface area contributed by atoms with Crippen LogP contribution < -0.4 is 4.90 Å². The molecule has 0 saturated heterocycles. The third-order valence-electron chi connectivity index (χ3n) is 14.4. The van der Waals surface area contributed by atoms with E-state index in [0.29, 0.717) is 0 Å². The third-order valence-corrected chi connectivity index (χ3v) is 14.4. The summed E-state index contributed by atoms with van der Waals surface area (Å²) in [7, 11) is 0. The quantitative estimate of drug-likeness (QED) is 0.145. The summed E-state index contributed by atoms with van der Waals surface area (Å²) in [5.74, 6) is 0. The SMILES string of the molecule is CC1(C)c2cc(N(c3ccccc3)c3ccc(-c4ccc5c(-c6ccccc6)c6ccccc6c(-c6ccccc6)c5c4)cc3)ccc2-c2ccc(-n3c4ccccc4c4ccccc43)cc21. The highest BCUT2D eigenvalue weighted by atomic mass is 15.1. The first kappa shape index (κ1) is 39.0. The van der Waals surface area contributed by atoms with Crippen LogP contribution in [0, 0.1) is 0 Å². The lowest BCUT2D eigenvalue weighted by Crippen LogP contribution is -2.17. The Hall–Kier alpha value is -8.46. The molecule has 2 nitrogen and oxygen atoms in total. The van der Waals surface area contributed by atoms with E-state index in [2.05, 4.69) is 266 Å². The van der Waals surface area contributed by atoms with Gasteiger partial charge in [0.2, 0.25) is 0 Å². The third kappa shape index (κ3) is 6.18. The molecule has 2 heteroatoms. The summed E-state index contributed by atoms with van der Waals surface area (Å²) in [4.78, 5) is 2.40. The molecular formula is C65H46N2. The van der Waals surface area contributed by atoms with Crippen molar-refractivity contribution in [1.82, 2.24) is 4.57 Å². The maximum absolute atomic E-state index is 2.43. The fourth-order valence-electron chi connectivity index (χ4n) is 11.2. The van der Waals surface area contributed by atoms with Crippen LogP contribution >= 0.6 is 0 Å². The van der Waals surface area contributed by atoms with Crippen LogP contribution in [0.3, 0.4) is 0 Å². The van der Waals surface area contributed by atoms with Crippen LogP contribution in [-0.2, 0) is 5.41 Å². The molecule has 12 aromatic rings. The Balaban J connectivity index is 0.905. The van der Waals surface area contributed by atoms with Gasteiger partial charge >= 0.3 is 0 Å². The van der Waals surface area contributed by atoms with Crippen molar-refractivity contribution in [2.45, 2.75) is 19.3 Å². The Kier molecular flexibility index (Phi) is 8.91. The number of hydrogen-bond donors (Lipinski definition) is 0. The minimum atomic E-state index is -0.220. The van der Waals surface area contributed by atoms with Crippen LogP contribution in [0.5, 0.6) is 0 Å². The minimum Gasteiger partial charge on any atom is -0.310 e. The predicted octanol–water partition coefficient (Wildman–Crippen LogP) is 17.9. The molecule has 0 fully saturated rings. The van der Waals surface area contributed by atoms with E-state index in [-0.39, 0.29) is 5.41 Å². The number of rotatable bonds is 7. The molecular weight excluding hydrogens is 809 g/mol. The maximum Gasteiger partial charge on any atom is 0.0541 e. The van der Waals surface area contributed by atoms with Crippen molar-refractivity contribution < 1.29 is 0 Å². The Morgan fingerprint density at radius 2 is 0.761 bits per heavy atom. The van der Waals surface area contributed by atoms with Crippen LogP contribution in [0.1, 0.15) is 25.0 Å². The first-order chi connectivity index (χ1) is 33.0. The van der Waals surface area contributed by atoms with Crippen molar-refractivity contribution in [2.24, 2.45) is 0 Å². The van der Waals surface area contributed by atoms with Crippen molar-refractivity contribution in [3.8, 4) is 50.2 Å². The van der Waals surface area contributed by atoms with E-state index in [1.165, 1.54) is 105 Å². The predicted molar refractivity (Wildman–Crippen MR) is 284 cm³/mol. The van der Waals surface area contributed by atoms with Gasteiger partial charge in [0.05, 0.1) is 11.0 Å². The maximum atomic E-state index is 2.43. The number of benzene rings is 11. The molecule has 0 radical (unpaired) electrons. The second kappa shape index (κ2) is 15.3. The van der Waals surface area contributed by atoms with Crippen molar-refractivity contribution in [3.63, 3.8) is 0 Å². The Bertz CT molecular complexity index is 3810. The number of fused-ring (bicyclic) bond motifs is 8. The van der Waals surface area contributed by atoms with Crippen LogP contribution in [0.25, 0.3) is 93.5 Å². The van der Waals surface area contributed by atoms with Gasteiger partial charge in [-0.05, 0) is 144 Å². The van der Waals surface area contributed by atoms with Gasteiger partial charge in [0.25, 0.3) is 0 Å². The Labute approximate surface area is 391 Å². The van der Waals surface area contributed by atoms with Crippen molar-refractivity contribution in [1.29, 1.82) is 0 Å². The fourth-order valence-corrected chi connectivity index (χ4v) is 11.2. The molecule has 0 bridgehead atoms. The van der Waals surface area contributed by atoms with Gasteiger partial charge in [0.15, 0.2) is 0 Å². The lowest BCUT2D eigenvalue weighted by atomic mass is 9.82. The lowest BCUT2D eigenvalue weighted by Gasteiger charge is -2.28. The smallest absolute Gasteiger partial charge is 0.0541 e. The summed E-state index contributed by atoms with van der Waals surface area (Å²) in [6, 6.07) is 89.3. The van der Waals surface area contributed by atoms with E-state index < -0.39 is 0 Å². The molecule has 0 N–H and O–H groups in total. The summed E-state index contributed by atoms with van der Waals surface area (Å²) in [5, 5.41) is 7.58. The standard InChI is InChI=1S/C65H46N2/c1-65(2)59-41-49(35-38-51(59)52-39-36-50(42-60(52)65)67-61-28-16-14-24-53(61)54-25-15-17-29-62(54)67)66(47-22-10-5-11-23-47)48-33-30-43(31-34-48)46-32-37-57-58(40-46)64(45-20-8-4-9-21-45)56-27-13-12-26-55(56)63(57)44-18-6-3-7-19-44/h3-42H,1-2H3. The number of anilines is 3. The molecule has 0 atom stereocenters. The van der Waals surface area contributed by atoms with Crippen LogP contribution in [0.4, 0.5) is 17.1 Å². The molecule has 0 spiro atoms. The topological polar surface area (TPSA) is 8.17 Å². The monoisotopic (exact) mass is 854 g/mol. The molecule has 1 aromatic heterocycles. The zero-order chi connectivity index (χ0) is 44.6. The van der Waals surface area contributed by atoms with Gasteiger partial charge in [-0.1, -0.05) is 190 Å². The van der Waals surface area contributed by atoms with Gasteiger partial charge in [-0.3, -0.25) is 0 Å². The van der Waals surface area contributed by atoms with Crippen LogP contribution in [-0.4, -0.2) is 4.57 Å². The van der Waals surface area contributed by atoms with Gasteiger partial charge in [-0.15, -0.1) is 0 Å². The van der Waals surface area contributed by atoms with E-state index in [1.807, 2.05) is 0 Å². The average molecular weight is 855 g/mol. The van der Waals surface area contributed by atoms with Crippen LogP contribution in [0.2, 0.25) is 0 Å². The van der Waals surface area contributed by atoms with E-state index in [9.17, 15) is 0 Å². The highest BCUT2D eigenvalue weighted by Gasteiger charge is 2.36. The number of hydrogen-bond acceptors (Lipinski definition) is 1. The molecule has 0 saturated carbocycles. The number of aromatic nitrogens is 1. The molecule has 13 rings (SSSR count). The molecule has 1 aliphatic rings. The second-order valence-electron chi connectivity index (χ2n) is 18.5. The van der Waals surface area contributed by atoms with Gasteiger partial charge < -0.3 is 9.47 Å². The van der Waals surface area contributed by atoms with Crippen molar-refractivity contribution >= 4 is 60.4 Å². The Morgan fingerprint density at radius 1 is 0.313 bits per heavy atom. The zero-order valence-corrected chi connectivity index (χ0v) is 37.5. The average Bonchev–Trinajstić information content (AvgIpc) is 3.84. The first-order valence-electron chi connectivity index (χ1n) is 23.3. The summed E-state index contributed by atoms with van der Waals surface area (Å²) >= 11 is 0. The van der Waals surface area contributed by atoms with Crippen molar-refractivity contribution in [3.05, 3.63) is 254 Å². The highest BCUT2D eigenvalue weighted by molar-refractivity contribution is 6.22. The zero-order valence-electron chi connectivity index (χ0n) is 37.5. The number of nitrogens with zero attached hydrogens (tertiary/aromatic N) is 2. The molecule has 0 amide bonds. The molecule has 0 aliphatic heterocycles. The Morgan fingerprint density at radius 3 is 1.37 bits per heavy atom.